The van der Waals surface area contributed by atoms with Crippen molar-refractivity contribution < 1.29 is 33.8 Å². The molecule has 0 saturated heterocycles. The molecule has 168 valence electrons. The van der Waals surface area contributed by atoms with Crippen LogP contribution in [0.4, 0.5) is 0 Å². The van der Waals surface area contributed by atoms with E-state index in [2.05, 4.69) is 5.16 Å². The minimum Gasteiger partial charge on any atom is -0.497 e. The van der Waals surface area contributed by atoms with E-state index in [9.17, 15) is 14.7 Å². The van der Waals surface area contributed by atoms with Crippen LogP contribution in [0.3, 0.4) is 0 Å². The van der Waals surface area contributed by atoms with E-state index in [0.29, 0.717) is 39.4 Å². The Labute approximate surface area is 189 Å². The van der Waals surface area contributed by atoms with Gasteiger partial charge in [0.2, 0.25) is 0 Å². The fourth-order valence-corrected chi connectivity index (χ4v) is 3.52. The lowest BCUT2D eigenvalue weighted by molar-refractivity contribution is -0.145. The maximum atomic E-state index is 13.0. The Hall–Kier alpha value is -4.17. The van der Waals surface area contributed by atoms with Crippen molar-refractivity contribution in [3.63, 3.8) is 0 Å². The normalized spacial score (nSPS) is 11.8. The van der Waals surface area contributed by atoms with E-state index in [1.165, 1.54) is 6.26 Å². The zero-order valence-corrected chi connectivity index (χ0v) is 17.7. The van der Waals surface area contributed by atoms with Crippen LogP contribution in [0.2, 0.25) is 0 Å². The van der Waals surface area contributed by atoms with Crippen molar-refractivity contribution >= 4 is 11.8 Å². The van der Waals surface area contributed by atoms with Gasteiger partial charge in [-0.05, 0) is 54.6 Å². The average molecular weight is 447 g/mol. The van der Waals surface area contributed by atoms with Gasteiger partial charge in [-0.25, -0.2) is 4.79 Å². The Morgan fingerprint density at radius 3 is 2.30 bits per heavy atom. The van der Waals surface area contributed by atoms with Gasteiger partial charge < -0.3 is 24.2 Å². The number of aliphatic carboxylic acids is 1. The summed E-state index contributed by atoms with van der Waals surface area (Å²) >= 11 is 0. The standard InChI is InChI=1S/C25H21NO7/c1-31-17-6-4-16(5-7-17)24(28)20-11-10-19-21(20)14-32-26-23(19)15-2-8-18(9-3-15)33-22(12-13-27)25(29)30/h2-11,14,22,27H,12-13H2,1H3,(H,29,30). The van der Waals surface area contributed by atoms with Crippen LogP contribution < -0.4 is 9.47 Å². The van der Waals surface area contributed by atoms with Gasteiger partial charge in [0.15, 0.2) is 11.9 Å². The minimum atomic E-state index is -1.15. The lowest BCUT2D eigenvalue weighted by Gasteiger charge is -2.14. The molecule has 0 amide bonds. The highest BCUT2D eigenvalue weighted by atomic mass is 16.5. The topological polar surface area (TPSA) is 119 Å². The van der Waals surface area contributed by atoms with Crippen LogP contribution >= 0.6 is 0 Å². The molecule has 1 aliphatic carbocycles. The van der Waals surface area contributed by atoms with Crippen LogP contribution in [0.25, 0.3) is 22.4 Å². The molecule has 0 fully saturated rings. The van der Waals surface area contributed by atoms with Crippen molar-refractivity contribution in [1.82, 2.24) is 5.16 Å². The number of aliphatic hydroxyl groups is 1. The van der Waals surface area contributed by atoms with Gasteiger partial charge in [0.25, 0.3) is 0 Å². The Bertz CT molecular complexity index is 1230. The number of aliphatic hydroxyl groups excluding tert-OH is 1. The SMILES string of the molecule is COc1ccc(C(=O)c2ccc3c(-c4ccc(OC(CCO)C(=O)O)cc4)nocc2-3)cc1. The first kappa shape index (κ1) is 22.0. The van der Waals surface area contributed by atoms with Crippen LogP contribution in [0.1, 0.15) is 22.3 Å². The molecule has 1 aliphatic heterocycles. The van der Waals surface area contributed by atoms with Crippen molar-refractivity contribution in [3.05, 3.63) is 78.1 Å². The van der Waals surface area contributed by atoms with Gasteiger partial charge in [0.1, 0.15) is 23.5 Å². The van der Waals surface area contributed by atoms with E-state index in [1.54, 1.807) is 61.7 Å². The number of carbonyl (C=O) groups excluding carboxylic acids is 1. The van der Waals surface area contributed by atoms with Crippen LogP contribution in [0.15, 0.2) is 71.4 Å². The highest BCUT2D eigenvalue weighted by molar-refractivity contribution is 6.14. The number of carboxylic acids is 1. The fourth-order valence-electron chi connectivity index (χ4n) is 3.52. The number of methoxy groups -OCH3 is 1. The molecule has 33 heavy (non-hydrogen) atoms. The average Bonchev–Trinajstić information content (AvgIpc) is 3.28. The summed E-state index contributed by atoms with van der Waals surface area (Å²) in [5.41, 5.74) is 3.65. The number of hydrogen-bond acceptors (Lipinski definition) is 7. The number of benzene rings is 2. The zero-order valence-electron chi connectivity index (χ0n) is 17.7. The van der Waals surface area contributed by atoms with Gasteiger partial charge in [-0.3, -0.25) is 4.79 Å². The van der Waals surface area contributed by atoms with Gasteiger partial charge in [0.05, 0.1) is 7.11 Å². The van der Waals surface area contributed by atoms with E-state index in [0.717, 1.165) is 5.56 Å². The second kappa shape index (κ2) is 9.54. The molecule has 2 aromatic rings. The maximum Gasteiger partial charge on any atom is 0.344 e. The summed E-state index contributed by atoms with van der Waals surface area (Å²) in [5.74, 6) is -0.281. The summed E-state index contributed by atoms with van der Waals surface area (Å²) in [6.07, 6.45) is 0.286. The molecule has 0 saturated carbocycles. The van der Waals surface area contributed by atoms with Gasteiger partial charge in [-0.15, -0.1) is 0 Å². The van der Waals surface area contributed by atoms with Crippen LogP contribution in [-0.4, -0.2) is 46.9 Å². The van der Waals surface area contributed by atoms with Gasteiger partial charge in [-0.1, -0.05) is 11.2 Å². The fraction of sp³-hybridized carbons (Fsp3) is 0.160. The molecule has 0 spiro atoms. The number of nitrogens with zero attached hydrogens (tertiary/aromatic N) is 1. The van der Waals surface area contributed by atoms with E-state index in [-0.39, 0.29) is 18.8 Å². The van der Waals surface area contributed by atoms with E-state index >= 15 is 0 Å². The molecule has 2 aliphatic rings. The molecule has 0 aromatic heterocycles. The third-order valence-electron chi connectivity index (χ3n) is 5.24. The highest BCUT2D eigenvalue weighted by Gasteiger charge is 2.23. The van der Waals surface area contributed by atoms with Crippen molar-refractivity contribution in [2.45, 2.75) is 12.5 Å². The van der Waals surface area contributed by atoms with Crippen LogP contribution in [0.5, 0.6) is 11.5 Å². The molecular formula is C25H21NO7. The predicted octanol–water partition coefficient (Wildman–Crippen LogP) is 3.90. The Morgan fingerprint density at radius 2 is 1.67 bits per heavy atom. The van der Waals surface area contributed by atoms with E-state index in [4.69, 9.17) is 19.1 Å². The number of rotatable bonds is 9. The molecule has 2 N–H and O–H groups in total. The maximum absolute atomic E-state index is 13.0. The molecule has 0 bridgehead atoms. The third kappa shape index (κ3) is 4.56. The number of hydrogen-bond donors (Lipinski definition) is 2. The Morgan fingerprint density at radius 1 is 0.970 bits per heavy atom. The number of ether oxygens (including phenoxy) is 2. The highest BCUT2D eigenvalue weighted by Crippen LogP contribution is 2.37. The van der Waals surface area contributed by atoms with Crippen molar-refractivity contribution in [2.75, 3.05) is 13.7 Å². The van der Waals surface area contributed by atoms with Crippen molar-refractivity contribution in [2.24, 2.45) is 0 Å². The lowest BCUT2D eigenvalue weighted by Crippen LogP contribution is -2.28. The smallest absolute Gasteiger partial charge is 0.344 e. The number of fused-ring (bicyclic) bond motifs is 1. The second-order valence-electron chi connectivity index (χ2n) is 7.28. The van der Waals surface area contributed by atoms with Crippen molar-refractivity contribution in [1.29, 1.82) is 0 Å². The summed E-state index contributed by atoms with van der Waals surface area (Å²) in [6.45, 7) is -0.295. The molecule has 1 heterocycles. The first-order valence-corrected chi connectivity index (χ1v) is 10.2. The van der Waals surface area contributed by atoms with Gasteiger partial charge in [-0.2, -0.15) is 0 Å². The number of carboxylic acid groups (broad SMARTS) is 1. The first-order valence-electron chi connectivity index (χ1n) is 10.2. The molecule has 2 aromatic carbocycles. The number of aromatic nitrogens is 1. The van der Waals surface area contributed by atoms with E-state index in [1.807, 2.05) is 6.07 Å². The summed E-state index contributed by atoms with van der Waals surface area (Å²) in [4.78, 5) is 24.3. The van der Waals surface area contributed by atoms with Gasteiger partial charge >= 0.3 is 5.97 Å². The van der Waals surface area contributed by atoms with Crippen LogP contribution in [0, 0.1) is 0 Å². The quantitative estimate of drug-likeness (QED) is 0.371. The lowest BCUT2D eigenvalue weighted by atomic mass is 9.98. The van der Waals surface area contributed by atoms with Gasteiger partial charge in [0, 0.05) is 40.8 Å². The summed E-state index contributed by atoms with van der Waals surface area (Å²) < 4.78 is 15.9. The number of carbonyl (C=O) groups is 2. The molecule has 4 rings (SSSR count). The third-order valence-corrected chi connectivity index (χ3v) is 5.24. The molecule has 8 heteroatoms. The Kier molecular flexibility index (Phi) is 6.37. The summed E-state index contributed by atoms with van der Waals surface area (Å²) in [7, 11) is 1.57. The second-order valence-corrected chi connectivity index (χ2v) is 7.28. The predicted molar refractivity (Wildman–Crippen MR) is 119 cm³/mol. The van der Waals surface area contributed by atoms with Crippen LogP contribution in [-0.2, 0) is 4.79 Å². The molecule has 8 nitrogen and oxygen atoms in total. The van der Waals surface area contributed by atoms with E-state index < -0.39 is 12.1 Å². The van der Waals surface area contributed by atoms with Crippen molar-refractivity contribution in [3.8, 4) is 33.9 Å². The largest absolute Gasteiger partial charge is 0.497 e. The molecular weight excluding hydrogens is 426 g/mol. The molecule has 1 atom stereocenters. The minimum absolute atomic E-state index is 0.0185. The zero-order chi connectivity index (χ0) is 23.4. The monoisotopic (exact) mass is 447 g/mol. The molecule has 1 unspecified atom stereocenters. The summed E-state index contributed by atoms with van der Waals surface area (Å²) in [5, 5.41) is 22.3. The Balaban J connectivity index is 1.58. The number of ketones is 1. The molecule has 0 radical (unpaired) electrons. The first-order chi connectivity index (χ1) is 16.0. The summed E-state index contributed by atoms with van der Waals surface area (Å²) in [6, 6.07) is 17.1.